The predicted molar refractivity (Wildman–Crippen MR) is 133 cm³/mol. The van der Waals surface area contributed by atoms with Crippen LogP contribution < -0.4 is 0 Å². The van der Waals surface area contributed by atoms with E-state index < -0.39 is 5.41 Å². The minimum absolute atomic E-state index is 0.0382. The second-order valence-corrected chi connectivity index (χ2v) is 12.6. The van der Waals surface area contributed by atoms with Gasteiger partial charge >= 0.3 is 17.9 Å². The van der Waals surface area contributed by atoms with Gasteiger partial charge in [-0.2, -0.15) is 0 Å². The number of ketones is 1. The van der Waals surface area contributed by atoms with Crippen molar-refractivity contribution in [2.45, 2.75) is 105 Å². The summed E-state index contributed by atoms with van der Waals surface area (Å²) in [4.78, 5) is 49.7. The monoisotopic (exact) mass is 504 g/mol. The summed E-state index contributed by atoms with van der Waals surface area (Å²) in [7, 11) is 1.41. The number of hydrogen-bond acceptors (Lipinski definition) is 7. The van der Waals surface area contributed by atoms with Crippen molar-refractivity contribution < 1.29 is 33.4 Å². The standard InChI is InChI=1S/C29H44O7/c1-16(7-10-26(33)34-6)21-8-9-22-27-23(15-25(32)29(21,22)5)28(4)12-11-20(35-17(2)30)13-19(28)14-24(27)36-18(3)31/h16,19-24,27H,7-15H2,1-6H3/t16-,19+,20-,21+,22-,23-,24+,27-,28-,29+/m0/s1. The van der Waals surface area contributed by atoms with Crippen LogP contribution in [0.5, 0.6) is 0 Å². The Bertz CT molecular complexity index is 898. The van der Waals surface area contributed by atoms with E-state index in [0.29, 0.717) is 25.0 Å². The lowest BCUT2D eigenvalue weighted by Crippen LogP contribution is -2.62. The molecule has 4 aliphatic carbocycles. The van der Waals surface area contributed by atoms with Gasteiger partial charge in [0.1, 0.15) is 18.0 Å². The van der Waals surface area contributed by atoms with Crippen molar-refractivity contribution in [2.24, 2.45) is 46.3 Å². The molecule has 4 aliphatic rings. The van der Waals surface area contributed by atoms with Gasteiger partial charge in [-0.15, -0.1) is 0 Å². The molecule has 4 saturated carbocycles. The summed E-state index contributed by atoms with van der Waals surface area (Å²) in [6.45, 7) is 9.57. The van der Waals surface area contributed by atoms with Gasteiger partial charge in [-0.05, 0) is 80.0 Å². The largest absolute Gasteiger partial charge is 0.469 e. The summed E-state index contributed by atoms with van der Waals surface area (Å²) >= 11 is 0. The first kappa shape index (κ1) is 27.1. The Labute approximate surface area is 215 Å². The van der Waals surface area contributed by atoms with E-state index in [1.54, 1.807) is 0 Å². The molecule has 0 aromatic rings. The van der Waals surface area contributed by atoms with Crippen molar-refractivity contribution in [2.75, 3.05) is 7.11 Å². The lowest BCUT2D eigenvalue weighted by molar-refractivity contribution is -0.196. The van der Waals surface area contributed by atoms with E-state index in [2.05, 4.69) is 20.8 Å². The summed E-state index contributed by atoms with van der Waals surface area (Å²) in [6.07, 6.45) is 6.44. The van der Waals surface area contributed by atoms with Crippen molar-refractivity contribution in [3.8, 4) is 0 Å². The van der Waals surface area contributed by atoms with Crippen LogP contribution >= 0.6 is 0 Å². The van der Waals surface area contributed by atoms with Crippen LogP contribution in [0.4, 0.5) is 0 Å². The summed E-state index contributed by atoms with van der Waals surface area (Å²) in [5.41, 5.74) is -0.503. The number of rotatable bonds is 6. The number of esters is 3. The maximum Gasteiger partial charge on any atom is 0.305 e. The number of hydrogen-bond donors (Lipinski definition) is 0. The summed E-state index contributed by atoms with van der Waals surface area (Å²) in [5, 5.41) is 0. The minimum atomic E-state index is -0.465. The average Bonchev–Trinajstić information content (AvgIpc) is 3.16. The van der Waals surface area contributed by atoms with Gasteiger partial charge < -0.3 is 14.2 Å². The maximum atomic E-state index is 14.0. The fraction of sp³-hybridized carbons (Fsp3) is 0.862. The molecule has 202 valence electrons. The Hall–Kier alpha value is -1.92. The van der Waals surface area contributed by atoms with Crippen LogP contribution in [0.25, 0.3) is 0 Å². The van der Waals surface area contributed by atoms with Crippen LogP contribution in [0.15, 0.2) is 0 Å². The fourth-order valence-corrected chi connectivity index (χ4v) is 9.14. The molecular formula is C29H44O7. The lowest BCUT2D eigenvalue weighted by atomic mass is 9.43. The van der Waals surface area contributed by atoms with Crippen LogP contribution in [0.3, 0.4) is 0 Å². The van der Waals surface area contributed by atoms with Crippen LogP contribution in [0, 0.1) is 46.3 Å². The number of Topliss-reactive ketones (excluding diaryl/α,β-unsaturated/α-hetero) is 1. The van der Waals surface area contributed by atoms with Crippen LogP contribution in [0.2, 0.25) is 0 Å². The summed E-state index contributed by atoms with van der Waals surface area (Å²) in [6, 6.07) is 0. The predicted octanol–water partition coefficient (Wildman–Crippen LogP) is 4.89. The number of fused-ring (bicyclic) bond motifs is 5. The summed E-state index contributed by atoms with van der Waals surface area (Å²) < 4.78 is 16.5. The van der Waals surface area contributed by atoms with Crippen LogP contribution in [-0.4, -0.2) is 43.0 Å². The van der Waals surface area contributed by atoms with Gasteiger partial charge in [0.15, 0.2) is 0 Å². The molecule has 0 unspecified atom stereocenters. The van der Waals surface area contributed by atoms with Crippen molar-refractivity contribution in [1.29, 1.82) is 0 Å². The third-order valence-electron chi connectivity index (χ3n) is 10.9. The van der Waals surface area contributed by atoms with Gasteiger partial charge in [-0.1, -0.05) is 20.8 Å². The molecule has 0 aromatic carbocycles. The lowest BCUT2D eigenvalue weighted by Gasteiger charge is -2.62. The molecule has 0 aliphatic heterocycles. The first-order valence-electron chi connectivity index (χ1n) is 13.9. The molecule has 0 N–H and O–H groups in total. The molecule has 0 amide bonds. The molecule has 0 bridgehead atoms. The molecule has 4 rings (SSSR count). The van der Waals surface area contributed by atoms with Gasteiger partial charge in [0, 0.05) is 38.0 Å². The highest BCUT2D eigenvalue weighted by Crippen LogP contribution is 2.67. The zero-order valence-electron chi connectivity index (χ0n) is 22.8. The van der Waals surface area contributed by atoms with Crippen molar-refractivity contribution >= 4 is 23.7 Å². The van der Waals surface area contributed by atoms with E-state index in [9.17, 15) is 19.2 Å². The average molecular weight is 505 g/mol. The normalized spacial score (nSPS) is 42.4. The van der Waals surface area contributed by atoms with Crippen LogP contribution in [-0.2, 0) is 33.4 Å². The Morgan fingerprint density at radius 1 is 1.00 bits per heavy atom. The third-order valence-corrected chi connectivity index (χ3v) is 10.9. The molecule has 10 atom stereocenters. The zero-order chi connectivity index (χ0) is 26.4. The topological polar surface area (TPSA) is 96.0 Å². The van der Waals surface area contributed by atoms with E-state index in [1.165, 1.54) is 21.0 Å². The molecule has 0 heterocycles. The van der Waals surface area contributed by atoms with E-state index in [0.717, 1.165) is 38.5 Å². The Morgan fingerprint density at radius 2 is 1.69 bits per heavy atom. The smallest absolute Gasteiger partial charge is 0.305 e. The Kier molecular flexibility index (Phi) is 7.60. The Balaban J connectivity index is 1.62. The highest BCUT2D eigenvalue weighted by atomic mass is 16.5. The molecule has 7 nitrogen and oxygen atoms in total. The van der Waals surface area contributed by atoms with E-state index in [1.807, 2.05) is 0 Å². The summed E-state index contributed by atoms with van der Waals surface area (Å²) in [5.74, 6) is 0.785. The van der Waals surface area contributed by atoms with Crippen LogP contribution in [0.1, 0.15) is 92.4 Å². The highest BCUT2D eigenvalue weighted by Gasteiger charge is 2.66. The second kappa shape index (κ2) is 10.1. The number of carbonyl (C=O) groups is 4. The van der Waals surface area contributed by atoms with Gasteiger partial charge in [0.05, 0.1) is 7.11 Å². The second-order valence-electron chi connectivity index (χ2n) is 12.6. The van der Waals surface area contributed by atoms with Gasteiger partial charge in [0.2, 0.25) is 0 Å². The Morgan fingerprint density at radius 3 is 2.33 bits per heavy atom. The fourth-order valence-electron chi connectivity index (χ4n) is 9.14. The van der Waals surface area contributed by atoms with Crippen molar-refractivity contribution in [3.63, 3.8) is 0 Å². The molecule has 4 fully saturated rings. The molecule has 0 spiro atoms. The molecule has 0 saturated heterocycles. The molecular weight excluding hydrogens is 460 g/mol. The molecule has 0 radical (unpaired) electrons. The van der Waals surface area contributed by atoms with Gasteiger partial charge in [-0.25, -0.2) is 0 Å². The third kappa shape index (κ3) is 4.60. The first-order chi connectivity index (χ1) is 16.9. The quantitative estimate of drug-likeness (QED) is 0.375. The van der Waals surface area contributed by atoms with E-state index in [4.69, 9.17) is 14.2 Å². The zero-order valence-corrected chi connectivity index (χ0v) is 22.8. The minimum Gasteiger partial charge on any atom is -0.469 e. The van der Waals surface area contributed by atoms with E-state index >= 15 is 0 Å². The number of ether oxygens (including phenoxy) is 3. The van der Waals surface area contributed by atoms with Gasteiger partial charge in [-0.3, -0.25) is 19.2 Å². The molecule has 7 heteroatoms. The van der Waals surface area contributed by atoms with Crippen molar-refractivity contribution in [3.05, 3.63) is 0 Å². The first-order valence-corrected chi connectivity index (χ1v) is 13.9. The molecule has 0 aromatic heterocycles. The maximum absolute atomic E-state index is 14.0. The number of carbonyl (C=O) groups excluding carboxylic acids is 4. The van der Waals surface area contributed by atoms with E-state index in [-0.39, 0.29) is 71.0 Å². The van der Waals surface area contributed by atoms with Crippen molar-refractivity contribution in [1.82, 2.24) is 0 Å². The number of methoxy groups -OCH3 is 1. The SMILES string of the molecule is COC(=O)CC[C@H](C)[C@H]1CC[C@H]2[C@@H]3[C@H](OC(C)=O)C[C@H]4C[C@@H](OC(C)=O)CC[C@]4(C)[C@H]3CC(=O)[C@]12C. The van der Waals surface area contributed by atoms with Gasteiger partial charge in [0.25, 0.3) is 0 Å². The molecule has 36 heavy (non-hydrogen) atoms. The highest BCUT2D eigenvalue weighted by molar-refractivity contribution is 5.87.